The molecule has 1 atom stereocenters. The van der Waals surface area contributed by atoms with Crippen LogP contribution in [0.15, 0.2) is 0 Å². The largest absolute Gasteiger partial charge is 0.384 e. The van der Waals surface area contributed by atoms with Crippen LogP contribution < -0.4 is 11.1 Å². The SMILES string of the molecule is CCCNC(CN1CCC(COC)CC1)C(N)=O. The lowest BCUT2D eigenvalue weighted by molar-refractivity contribution is -0.120. The summed E-state index contributed by atoms with van der Waals surface area (Å²) < 4.78 is 5.18. The molecule has 18 heavy (non-hydrogen) atoms. The monoisotopic (exact) mass is 257 g/mol. The number of nitrogens with two attached hydrogens (primary N) is 1. The first kappa shape index (κ1) is 15.4. The van der Waals surface area contributed by atoms with Crippen LogP contribution >= 0.6 is 0 Å². The Labute approximate surface area is 110 Å². The van der Waals surface area contributed by atoms with E-state index in [0.717, 1.165) is 52.0 Å². The van der Waals surface area contributed by atoms with Gasteiger partial charge in [-0.15, -0.1) is 0 Å². The number of ether oxygens (including phenoxy) is 1. The van der Waals surface area contributed by atoms with Crippen molar-refractivity contribution in [1.82, 2.24) is 10.2 Å². The molecule has 5 nitrogen and oxygen atoms in total. The predicted molar refractivity (Wildman–Crippen MR) is 72.3 cm³/mol. The molecule has 0 radical (unpaired) electrons. The smallest absolute Gasteiger partial charge is 0.235 e. The first-order chi connectivity index (χ1) is 8.67. The lowest BCUT2D eigenvalue weighted by Crippen LogP contribution is -2.51. The summed E-state index contributed by atoms with van der Waals surface area (Å²) in [5.74, 6) is 0.421. The van der Waals surface area contributed by atoms with Crippen LogP contribution in [0.3, 0.4) is 0 Å². The molecule has 0 aromatic rings. The molecule has 0 spiro atoms. The molecule has 1 aliphatic rings. The Morgan fingerprint density at radius 2 is 2.17 bits per heavy atom. The molecule has 1 saturated heterocycles. The topological polar surface area (TPSA) is 67.6 Å². The quantitative estimate of drug-likeness (QED) is 0.652. The maximum Gasteiger partial charge on any atom is 0.235 e. The van der Waals surface area contributed by atoms with E-state index in [4.69, 9.17) is 10.5 Å². The summed E-state index contributed by atoms with van der Waals surface area (Å²) in [6.07, 6.45) is 3.31. The highest BCUT2D eigenvalue weighted by Crippen LogP contribution is 2.17. The van der Waals surface area contributed by atoms with Crippen LogP contribution in [0, 0.1) is 5.92 Å². The predicted octanol–water partition coefficient (Wildman–Crippen LogP) is 0.198. The third-order valence-electron chi connectivity index (χ3n) is 3.53. The number of amides is 1. The van der Waals surface area contributed by atoms with Crippen molar-refractivity contribution >= 4 is 5.91 Å². The number of likely N-dealkylation sites (tertiary alicyclic amines) is 1. The zero-order valence-electron chi connectivity index (χ0n) is 11.7. The van der Waals surface area contributed by atoms with Gasteiger partial charge in [-0.05, 0) is 44.8 Å². The molecule has 0 aromatic carbocycles. The van der Waals surface area contributed by atoms with Gasteiger partial charge in [-0.3, -0.25) is 4.79 Å². The van der Waals surface area contributed by atoms with E-state index in [1.165, 1.54) is 0 Å². The van der Waals surface area contributed by atoms with Gasteiger partial charge in [-0.1, -0.05) is 6.92 Å². The Balaban J connectivity index is 2.30. The Morgan fingerprint density at radius 1 is 1.50 bits per heavy atom. The van der Waals surface area contributed by atoms with Crippen molar-refractivity contribution in [3.63, 3.8) is 0 Å². The number of carbonyl (C=O) groups is 1. The summed E-state index contributed by atoms with van der Waals surface area (Å²) in [6, 6.07) is -0.219. The molecule has 1 fully saturated rings. The highest BCUT2D eigenvalue weighted by molar-refractivity contribution is 5.80. The molecule has 3 N–H and O–H groups in total. The number of primary amides is 1. The third-order valence-corrected chi connectivity index (χ3v) is 3.53. The van der Waals surface area contributed by atoms with E-state index in [1.807, 2.05) is 0 Å². The summed E-state index contributed by atoms with van der Waals surface area (Å²) in [5.41, 5.74) is 5.42. The van der Waals surface area contributed by atoms with Gasteiger partial charge in [0, 0.05) is 20.3 Å². The summed E-state index contributed by atoms with van der Waals surface area (Å²) in [5, 5.41) is 3.21. The Hall–Kier alpha value is -0.650. The van der Waals surface area contributed by atoms with Gasteiger partial charge in [0.1, 0.15) is 0 Å². The molecule has 1 heterocycles. The van der Waals surface area contributed by atoms with Crippen LogP contribution in [0.25, 0.3) is 0 Å². The number of rotatable bonds is 8. The van der Waals surface area contributed by atoms with Crippen molar-refractivity contribution in [1.29, 1.82) is 0 Å². The normalized spacial score (nSPS) is 19.9. The van der Waals surface area contributed by atoms with Crippen molar-refractivity contribution in [3.05, 3.63) is 0 Å². The first-order valence-corrected chi connectivity index (χ1v) is 6.91. The first-order valence-electron chi connectivity index (χ1n) is 6.91. The van der Waals surface area contributed by atoms with Gasteiger partial charge in [-0.25, -0.2) is 0 Å². The maximum atomic E-state index is 11.4. The van der Waals surface area contributed by atoms with Crippen molar-refractivity contribution in [3.8, 4) is 0 Å². The van der Waals surface area contributed by atoms with Crippen LogP contribution in [0.4, 0.5) is 0 Å². The molecular formula is C13H27N3O2. The average molecular weight is 257 g/mol. The van der Waals surface area contributed by atoms with Crippen molar-refractivity contribution in [2.45, 2.75) is 32.2 Å². The Morgan fingerprint density at radius 3 is 2.67 bits per heavy atom. The number of nitrogens with zero attached hydrogens (tertiary/aromatic N) is 1. The van der Waals surface area contributed by atoms with Crippen LogP contribution in [0.2, 0.25) is 0 Å². The summed E-state index contributed by atoms with van der Waals surface area (Å²) in [4.78, 5) is 13.7. The van der Waals surface area contributed by atoms with Gasteiger partial charge in [0.25, 0.3) is 0 Å². The fourth-order valence-electron chi connectivity index (χ4n) is 2.40. The minimum atomic E-state index is -0.248. The molecule has 0 saturated carbocycles. The zero-order valence-corrected chi connectivity index (χ0v) is 11.7. The van der Waals surface area contributed by atoms with Crippen LogP contribution in [-0.4, -0.2) is 56.7 Å². The van der Waals surface area contributed by atoms with E-state index in [9.17, 15) is 4.79 Å². The molecule has 106 valence electrons. The molecule has 0 aliphatic carbocycles. The number of hydrogen-bond acceptors (Lipinski definition) is 4. The van der Waals surface area contributed by atoms with Gasteiger partial charge < -0.3 is 20.7 Å². The zero-order chi connectivity index (χ0) is 13.4. The van der Waals surface area contributed by atoms with E-state index in [1.54, 1.807) is 7.11 Å². The van der Waals surface area contributed by atoms with Gasteiger partial charge in [0.05, 0.1) is 6.04 Å². The van der Waals surface area contributed by atoms with E-state index in [2.05, 4.69) is 17.1 Å². The highest BCUT2D eigenvalue weighted by atomic mass is 16.5. The summed E-state index contributed by atoms with van der Waals surface area (Å²) >= 11 is 0. The third kappa shape index (κ3) is 5.33. The number of nitrogens with one attached hydrogen (secondary N) is 1. The molecule has 1 rings (SSSR count). The average Bonchev–Trinajstić information content (AvgIpc) is 2.36. The standard InChI is InChI=1S/C13H27N3O2/c1-3-6-15-12(13(14)17)9-16-7-4-11(5-8-16)10-18-2/h11-12,15H,3-10H2,1-2H3,(H2,14,17). The van der Waals surface area contributed by atoms with Crippen molar-refractivity contribution in [2.24, 2.45) is 11.7 Å². The molecule has 1 amide bonds. The van der Waals surface area contributed by atoms with Crippen LogP contribution in [-0.2, 0) is 9.53 Å². The maximum absolute atomic E-state index is 11.4. The highest BCUT2D eigenvalue weighted by Gasteiger charge is 2.23. The van der Waals surface area contributed by atoms with E-state index in [0.29, 0.717) is 5.92 Å². The number of piperidine rings is 1. The fraction of sp³-hybridized carbons (Fsp3) is 0.923. The summed E-state index contributed by atoms with van der Waals surface area (Å²) in [6.45, 7) is 6.57. The second-order valence-electron chi connectivity index (χ2n) is 5.11. The lowest BCUT2D eigenvalue weighted by Gasteiger charge is -2.33. The number of carbonyl (C=O) groups excluding carboxylic acids is 1. The molecule has 0 bridgehead atoms. The molecule has 1 aliphatic heterocycles. The Bertz CT molecular complexity index is 240. The van der Waals surface area contributed by atoms with Gasteiger partial charge in [0.2, 0.25) is 5.91 Å². The van der Waals surface area contributed by atoms with Gasteiger partial charge >= 0.3 is 0 Å². The molecular weight excluding hydrogens is 230 g/mol. The van der Waals surface area contributed by atoms with Gasteiger partial charge in [-0.2, -0.15) is 0 Å². The lowest BCUT2D eigenvalue weighted by atomic mass is 9.97. The number of hydrogen-bond donors (Lipinski definition) is 2. The second-order valence-corrected chi connectivity index (χ2v) is 5.11. The van der Waals surface area contributed by atoms with Crippen molar-refractivity contribution in [2.75, 3.05) is 39.9 Å². The fourth-order valence-corrected chi connectivity index (χ4v) is 2.40. The minimum Gasteiger partial charge on any atom is -0.384 e. The van der Waals surface area contributed by atoms with Gasteiger partial charge in [0.15, 0.2) is 0 Å². The number of methoxy groups -OCH3 is 1. The minimum absolute atomic E-state index is 0.219. The molecule has 0 aromatic heterocycles. The van der Waals surface area contributed by atoms with E-state index >= 15 is 0 Å². The second kappa shape index (κ2) is 8.45. The Kier molecular flexibility index (Phi) is 7.23. The molecule has 5 heteroatoms. The van der Waals surface area contributed by atoms with E-state index < -0.39 is 0 Å². The van der Waals surface area contributed by atoms with E-state index in [-0.39, 0.29) is 11.9 Å². The van der Waals surface area contributed by atoms with Crippen LogP contribution in [0.1, 0.15) is 26.2 Å². The molecule has 1 unspecified atom stereocenters. The summed E-state index contributed by atoms with van der Waals surface area (Å²) in [7, 11) is 1.75. The van der Waals surface area contributed by atoms with Crippen LogP contribution in [0.5, 0.6) is 0 Å². The van der Waals surface area contributed by atoms with Crippen molar-refractivity contribution < 1.29 is 9.53 Å².